The average Bonchev–Trinajstić information content (AvgIpc) is 3.49. The zero-order valence-electron chi connectivity index (χ0n) is 19.0. The monoisotopic (exact) mass is 452 g/mol. The van der Waals surface area contributed by atoms with Crippen LogP contribution < -0.4 is 0 Å². The minimum absolute atomic E-state index is 0.363. The first-order valence-electron chi connectivity index (χ1n) is 11.0. The third kappa shape index (κ3) is 4.86. The summed E-state index contributed by atoms with van der Waals surface area (Å²) in [6, 6.07) is 27.6. The molecule has 0 N–H and O–H groups in total. The zero-order valence-corrected chi connectivity index (χ0v) is 19.0. The topological polar surface area (TPSA) is 69.5 Å². The summed E-state index contributed by atoms with van der Waals surface area (Å²) in [5.41, 5.74) is 5.07. The Morgan fingerprint density at radius 3 is 1.44 bits per heavy atom. The van der Waals surface area contributed by atoms with Crippen molar-refractivity contribution in [3.8, 4) is 0 Å². The van der Waals surface area contributed by atoms with Crippen LogP contribution in [0.5, 0.6) is 0 Å². The lowest BCUT2D eigenvalue weighted by molar-refractivity contribution is 0.128. The molecule has 170 valence electrons. The molecule has 5 rings (SSSR count). The maximum Gasteiger partial charge on any atom is 0.152 e. The minimum Gasteiger partial charge on any atom is -0.455 e. The molecule has 6 nitrogen and oxygen atoms in total. The SMILES string of the molecule is C/C(=N\OCc1ccc(CO/N=C(\C)c2cc3ccccc3o2)cc1)c1cc2ccccc2o1. The lowest BCUT2D eigenvalue weighted by Gasteiger charge is -2.04. The molecule has 0 unspecified atom stereocenters. The first kappa shape index (κ1) is 21.5. The Morgan fingerprint density at radius 1 is 0.618 bits per heavy atom. The Hall–Kier alpha value is -4.32. The molecule has 2 aromatic heterocycles. The maximum absolute atomic E-state index is 5.80. The van der Waals surface area contributed by atoms with Gasteiger partial charge in [0, 0.05) is 10.8 Å². The van der Waals surface area contributed by atoms with E-state index in [9.17, 15) is 0 Å². The van der Waals surface area contributed by atoms with Gasteiger partial charge in [-0.3, -0.25) is 0 Å². The second kappa shape index (κ2) is 9.67. The van der Waals surface area contributed by atoms with E-state index in [0.717, 1.165) is 33.1 Å². The molecule has 0 bridgehead atoms. The number of fused-ring (bicyclic) bond motifs is 2. The summed E-state index contributed by atoms with van der Waals surface area (Å²) in [6.07, 6.45) is 0. The molecule has 0 saturated carbocycles. The molecule has 0 aliphatic rings. The standard InChI is InChI=1S/C28H24N2O4/c1-19(27-15-23-7-3-5-9-25(23)33-27)29-31-17-21-11-13-22(14-12-21)18-32-30-20(2)28-16-24-8-4-6-10-26(24)34-28/h3-16H,17-18H2,1-2H3/b29-19+,30-20+. The summed E-state index contributed by atoms with van der Waals surface area (Å²) in [5.74, 6) is 1.40. The third-order valence-corrected chi connectivity index (χ3v) is 5.45. The largest absolute Gasteiger partial charge is 0.455 e. The van der Waals surface area contributed by atoms with E-state index < -0.39 is 0 Å². The Bertz CT molecular complexity index is 1300. The van der Waals surface area contributed by atoms with Crippen LogP contribution in [0, 0.1) is 0 Å². The van der Waals surface area contributed by atoms with E-state index in [-0.39, 0.29) is 0 Å². The van der Waals surface area contributed by atoms with E-state index in [2.05, 4.69) is 10.3 Å². The predicted molar refractivity (Wildman–Crippen MR) is 133 cm³/mol. The summed E-state index contributed by atoms with van der Waals surface area (Å²) < 4.78 is 11.6. The highest BCUT2D eigenvalue weighted by Gasteiger charge is 2.08. The molecule has 0 saturated heterocycles. The molecule has 2 heterocycles. The highest BCUT2D eigenvalue weighted by molar-refractivity contribution is 6.00. The van der Waals surface area contributed by atoms with Gasteiger partial charge in [0.25, 0.3) is 0 Å². The van der Waals surface area contributed by atoms with Crippen molar-refractivity contribution in [2.75, 3.05) is 0 Å². The molecule has 5 aromatic rings. The molecule has 0 radical (unpaired) electrons. The second-order valence-corrected chi connectivity index (χ2v) is 8.01. The number of hydrogen-bond acceptors (Lipinski definition) is 6. The van der Waals surface area contributed by atoms with E-state index in [1.165, 1.54) is 0 Å². The molecule has 0 atom stereocenters. The fourth-order valence-corrected chi connectivity index (χ4v) is 3.55. The van der Waals surface area contributed by atoms with E-state index in [1.807, 2.05) is 98.8 Å². The summed E-state index contributed by atoms with van der Waals surface area (Å²) in [4.78, 5) is 11.0. The predicted octanol–water partition coefficient (Wildman–Crippen LogP) is 7.06. The summed E-state index contributed by atoms with van der Waals surface area (Å²) in [6.45, 7) is 4.46. The number of benzene rings is 3. The Balaban J connectivity index is 1.13. The van der Waals surface area contributed by atoms with Crippen molar-refractivity contribution in [3.05, 3.63) is 108 Å². The molecular formula is C28H24N2O4. The van der Waals surface area contributed by atoms with E-state index in [4.69, 9.17) is 18.5 Å². The van der Waals surface area contributed by atoms with Gasteiger partial charge in [-0.25, -0.2) is 0 Å². The van der Waals surface area contributed by atoms with Crippen LogP contribution in [-0.2, 0) is 22.9 Å². The third-order valence-electron chi connectivity index (χ3n) is 5.45. The number of para-hydroxylation sites is 2. The highest BCUT2D eigenvalue weighted by Crippen LogP contribution is 2.20. The number of nitrogens with zero attached hydrogens (tertiary/aromatic N) is 2. The fraction of sp³-hybridized carbons (Fsp3) is 0.143. The van der Waals surface area contributed by atoms with E-state index in [1.54, 1.807) is 0 Å². The van der Waals surface area contributed by atoms with Gasteiger partial charge in [0.15, 0.2) is 11.5 Å². The van der Waals surface area contributed by atoms with Crippen LogP contribution in [0.4, 0.5) is 0 Å². The summed E-state index contributed by atoms with van der Waals surface area (Å²) in [5, 5.41) is 10.5. The average molecular weight is 453 g/mol. The van der Waals surface area contributed by atoms with Crippen molar-refractivity contribution in [1.82, 2.24) is 0 Å². The van der Waals surface area contributed by atoms with E-state index >= 15 is 0 Å². The molecule has 3 aromatic carbocycles. The second-order valence-electron chi connectivity index (χ2n) is 8.01. The Kier molecular flexibility index (Phi) is 6.12. The Labute approximate surface area is 197 Å². The van der Waals surface area contributed by atoms with Gasteiger partial charge >= 0.3 is 0 Å². The van der Waals surface area contributed by atoms with Gasteiger partial charge in [-0.15, -0.1) is 0 Å². The van der Waals surface area contributed by atoms with Gasteiger partial charge in [-0.2, -0.15) is 0 Å². The van der Waals surface area contributed by atoms with Gasteiger partial charge in [0.2, 0.25) is 0 Å². The van der Waals surface area contributed by atoms with Crippen molar-refractivity contribution in [2.45, 2.75) is 27.1 Å². The lowest BCUT2D eigenvalue weighted by atomic mass is 10.1. The van der Waals surface area contributed by atoms with E-state index in [0.29, 0.717) is 36.2 Å². The molecule has 34 heavy (non-hydrogen) atoms. The van der Waals surface area contributed by atoms with Crippen molar-refractivity contribution in [2.24, 2.45) is 10.3 Å². The smallest absolute Gasteiger partial charge is 0.152 e. The molecular weight excluding hydrogens is 428 g/mol. The van der Waals surface area contributed by atoms with Gasteiger partial charge in [-0.05, 0) is 49.2 Å². The van der Waals surface area contributed by atoms with Gasteiger partial charge in [0.05, 0.1) is 0 Å². The van der Waals surface area contributed by atoms with Crippen LogP contribution in [0.15, 0.2) is 104 Å². The number of rotatable bonds is 8. The highest BCUT2D eigenvalue weighted by atomic mass is 16.6. The van der Waals surface area contributed by atoms with Gasteiger partial charge in [-0.1, -0.05) is 71.0 Å². The van der Waals surface area contributed by atoms with Crippen molar-refractivity contribution in [1.29, 1.82) is 0 Å². The quantitative estimate of drug-likeness (QED) is 0.187. The summed E-state index contributed by atoms with van der Waals surface area (Å²) >= 11 is 0. The zero-order chi connectivity index (χ0) is 23.3. The lowest BCUT2D eigenvalue weighted by Crippen LogP contribution is -1.96. The fourth-order valence-electron chi connectivity index (χ4n) is 3.55. The molecule has 0 aliphatic carbocycles. The number of hydrogen-bond donors (Lipinski definition) is 0. The first-order chi connectivity index (χ1) is 16.7. The van der Waals surface area contributed by atoms with Gasteiger partial charge < -0.3 is 18.5 Å². The number of oxime groups is 2. The summed E-state index contributed by atoms with van der Waals surface area (Å²) in [7, 11) is 0. The van der Waals surface area contributed by atoms with Crippen LogP contribution in [0.1, 0.15) is 36.5 Å². The molecule has 0 aliphatic heterocycles. The normalized spacial score (nSPS) is 12.4. The molecule has 0 spiro atoms. The minimum atomic E-state index is 0.363. The first-order valence-corrected chi connectivity index (χ1v) is 11.0. The molecule has 0 amide bonds. The van der Waals surface area contributed by atoms with Crippen LogP contribution in [-0.4, -0.2) is 11.4 Å². The van der Waals surface area contributed by atoms with Crippen molar-refractivity contribution < 1.29 is 18.5 Å². The van der Waals surface area contributed by atoms with Crippen molar-refractivity contribution in [3.63, 3.8) is 0 Å². The maximum atomic E-state index is 5.80. The Morgan fingerprint density at radius 2 is 1.03 bits per heavy atom. The molecule has 0 fully saturated rings. The van der Waals surface area contributed by atoms with Crippen LogP contribution >= 0.6 is 0 Å². The van der Waals surface area contributed by atoms with Crippen LogP contribution in [0.2, 0.25) is 0 Å². The molecule has 6 heteroatoms. The number of furan rings is 2. The van der Waals surface area contributed by atoms with Crippen LogP contribution in [0.3, 0.4) is 0 Å². The van der Waals surface area contributed by atoms with Crippen molar-refractivity contribution >= 4 is 33.4 Å². The van der Waals surface area contributed by atoms with Gasteiger partial charge in [0.1, 0.15) is 35.8 Å². The van der Waals surface area contributed by atoms with Crippen LogP contribution in [0.25, 0.3) is 21.9 Å².